The maximum atomic E-state index is 13.8. The number of fused-ring (bicyclic) bond motifs is 1. The number of alkyl halides is 3. The quantitative estimate of drug-likeness (QED) is 0.313. The van der Waals surface area contributed by atoms with Crippen molar-refractivity contribution >= 4 is 5.91 Å². The number of hydrogen-bond donors (Lipinski definition) is 0. The smallest absolute Gasteiger partial charge is 0.416 e. The van der Waals surface area contributed by atoms with Gasteiger partial charge in [-0.25, -0.2) is 9.37 Å². The molecule has 0 fully saturated rings. The average Bonchev–Trinajstić information content (AvgIpc) is 2.90. The number of nitrogens with zero attached hydrogens (tertiary/aromatic N) is 4. The number of rotatable bonds is 6. The van der Waals surface area contributed by atoms with Crippen molar-refractivity contribution < 1.29 is 27.1 Å². The first-order valence-corrected chi connectivity index (χ1v) is 11.8. The standard InChI is InChI=1S/C28H22F4N4O2/c1-38-22-4-2-17(3-5-22)16-36-9-7-23-24(27(36)37)6-8-34-26(23)25-15-33-14-21(35-25)12-18-10-19(28(30,31)32)13-20(29)11-18/h2-6,8,10-11,13-15H,7,9,12,16H2,1H3. The molecule has 3 heterocycles. The van der Waals surface area contributed by atoms with Crippen LogP contribution in [0.1, 0.15) is 38.3 Å². The van der Waals surface area contributed by atoms with Crippen LogP contribution < -0.4 is 4.74 Å². The second-order valence-electron chi connectivity index (χ2n) is 8.93. The van der Waals surface area contributed by atoms with Gasteiger partial charge >= 0.3 is 6.18 Å². The minimum Gasteiger partial charge on any atom is -0.497 e. The summed E-state index contributed by atoms with van der Waals surface area (Å²) in [5.41, 5.74) is 2.52. The Labute approximate surface area is 216 Å². The van der Waals surface area contributed by atoms with E-state index in [-0.39, 0.29) is 17.9 Å². The number of ether oxygens (including phenoxy) is 1. The highest BCUT2D eigenvalue weighted by molar-refractivity contribution is 5.98. The van der Waals surface area contributed by atoms with Crippen LogP contribution in [0.25, 0.3) is 11.4 Å². The van der Waals surface area contributed by atoms with Crippen molar-refractivity contribution in [3.05, 3.63) is 106 Å². The molecule has 0 radical (unpaired) electrons. The number of carbonyl (C=O) groups excluding carboxylic acids is 1. The van der Waals surface area contributed by atoms with Gasteiger partial charge in [-0.1, -0.05) is 12.1 Å². The fourth-order valence-electron chi connectivity index (χ4n) is 4.52. The fraction of sp³-hybridized carbons (Fsp3) is 0.214. The molecule has 2 aromatic heterocycles. The van der Waals surface area contributed by atoms with Gasteiger partial charge < -0.3 is 9.64 Å². The molecule has 38 heavy (non-hydrogen) atoms. The van der Waals surface area contributed by atoms with E-state index in [0.29, 0.717) is 48.2 Å². The van der Waals surface area contributed by atoms with Crippen molar-refractivity contribution in [2.75, 3.05) is 13.7 Å². The van der Waals surface area contributed by atoms with E-state index in [2.05, 4.69) is 15.0 Å². The van der Waals surface area contributed by atoms with Gasteiger partial charge in [0.15, 0.2) is 0 Å². The van der Waals surface area contributed by atoms with Crippen LogP contribution >= 0.6 is 0 Å². The van der Waals surface area contributed by atoms with Gasteiger partial charge in [-0.05, 0) is 59.5 Å². The van der Waals surface area contributed by atoms with Crippen LogP contribution in [-0.4, -0.2) is 39.4 Å². The number of benzene rings is 2. The molecule has 194 valence electrons. The third-order valence-corrected chi connectivity index (χ3v) is 6.33. The number of amides is 1. The van der Waals surface area contributed by atoms with Crippen LogP contribution in [0.5, 0.6) is 5.75 Å². The van der Waals surface area contributed by atoms with Gasteiger partial charge in [-0.2, -0.15) is 13.2 Å². The molecule has 0 saturated heterocycles. The molecule has 4 aromatic rings. The van der Waals surface area contributed by atoms with E-state index in [1.807, 2.05) is 24.3 Å². The molecule has 2 aromatic carbocycles. The molecule has 0 unspecified atom stereocenters. The Morgan fingerprint density at radius 1 is 1.03 bits per heavy atom. The predicted octanol–water partition coefficient (Wildman–Crippen LogP) is 5.49. The van der Waals surface area contributed by atoms with Crippen molar-refractivity contribution in [2.24, 2.45) is 0 Å². The molecule has 0 saturated carbocycles. The maximum Gasteiger partial charge on any atom is 0.416 e. The number of methoxy groups -OCH3 is 1. The first-order valence-electron chi connectivity index (χ1n) is 11.8. The Bertz CT molecular complexity index is 1490. The largest absolute Gasteiger partial charge is 0.497 e. The summed E-state index contributed by atoms with van der Waals surface area (Å²) in [4.78, 5) is 28.2. The first-order chi connectivity index (χ1) is 18.2. The second kappa shape index (κ2) is 10.2. The molecule has 5 rings (SSSR count). The minimum absolute atomic E-state index is 0.0503. The third kappa shape index (κ3) is 5.34. The summed E-state index contributed by atoms with van der Waals surface area (Å²) < 4.78 is 58.4. The van der Waals surface area contributed by atoms with Crippen LogP contribution in [-0.2, 0) is 25.6 Å². The Hall–Kier alpha value is -4.34. The van der Waals surface area contributed by atoms with E-state index in [4.69, 9.17) is 4.74 Å². The Morgan fingerprint density at radius 2 is 1.82 bits per heavy atom. The molecule has 0 spiro atoms. The highest BCUT2D eigenvalue weighted by Crippen LogP contribution is 2.31. The molecule has 10 heteroatoms. The van der Waals surface area contributed by atoms with Gasteiger partial charge in [-0.15, -0.1) is 0 Å². The lowest BCUT2D eigenvalue weighted by Crippen LogP contribution is -2.37. The topological polar surface area (TPSA) is 68.2 Å². The summed E-state index contributed by atoms with van der Waals surface area (Å²) in [6.07, 6.45) is 0.271. The van der Waals surface area contributed by atoms with Crippen molar-refractivity contribution in [1.82, 2.24) is 19.9 Å². The Kier molecular flexibility index (Phi) is 6.79. The molecule has 1 aliphatic rings. The van der Waals surface area contributed by atoms with Crippen LogP contribution in [0.2, 0.25) is 0 Å². The zero-order valence-electron chi connectivity index (χ0n) is 20.3. The zero-order chi connectivity index (χ0) is 26.9. The van der Waals surface area contributed by atoms with Gasteiger partial charge in [0.25, 0.3) is 5.91 Å². The first kappa shape index (κ1) is 25.3. The maximum absolute atomic E-state index is 13.8. The normalized spacial score (nSPS) is 13.4. The summed E-state index contributed by atoms with van der Waals surface area (Å²) in [6.45, 7) is 0.927. The molecule has 0 aliphatic carbocycles. The Balaban J connectivity index is 1.39. The molecule has 1 aliphatic heterocycles. The monoisotopic (exact) mass is 522 g/mol. The molecule has 0 atom stereocenters. The van der Waals surface area contributed by atoms with Crippen LogP contribution in [0.15, 0.2) is 67.1 Å². The van der Waals surface area contributed by atoms with Gasteiger partial charge in [0.2, 0.25) is 0 Å². The van der Waals surface area contributed by atoms with Crippen molar-refractivity contribution in [2.45, 2.75) is 25.6 Å². The highest BCUT2D eigenvalue weighted by Gasteiger charge is 2.31. The molecule has 0 bridgehead atoms. The number of aromatic nitrogens is 3. The minimum atomic E-state index is -4.66. The lowest BCUT2D eigenvalue weighted by molar-refractivity contribution is -0.137. The zero-order valence-corrected chi connectivity index (χ0v) is 20.3. The second-order valence-corrected chi connectivity index (χ2v) is 8.93. The van der Waals surface area contributed by atoms with Crippen molar-refractivity contribution in [3.8, 4) is 17.1 Å². The summed E-state index contributed by atoms with van der Waals surface area (Å²) in [5, 5.41) is 0. The average molecular weight is 523 g/mol. The Morgan fingerprint density at radius 3 is 2.55 bits per heavy atom. The van der Waals surface area contributed by atoms with Crippen LogP contribution in [0, 0.1) is 5.82 Å². The van der Waals surface area contributed by atoms with E-state index >= 15 is 0 Å². The summed E-state index contributed by atoms with van der Waals surface area (Å²) in [6, 6.07) is 11.6. The van der Waals surface area contributed by atoms with Crippen molar-refractivity contribution in [1.29, 1.82) is 0 Å². The SMILES string of the molecule is COc1ccc(CN2CCc3c(ccnc3-c3cncc(Cc4cc(F)cc(C(F)(F)F)c4)n3)C2=O)cc1. The summed E-state index contributed by atoms with van der Waals surface area (Å²) in [7, 11) is 1.59. The number of hydrogen-bond acceptors (Lipinski definition) is 5. The van der Waals surface area contributed by atoms with Crippen molar-refractivity contribution in [3.63, 3.8) is 0 Å². The lowest BCUT2D eigenvalue weighted by Gasteiger charge is -2.29. The van der Waals surface area contributed by atoms with E-state index < -0.39 is 17.6 Å². The van der Waals surface area contributed by atoms with E-state index in [0.717, 1.165) is 29.0 Å². The van der Waals surface area contributed by atoms with Gasteiger partial charge in [0.05, 0.1) is 30.3 Å². The van der Waals surface area contributed by atoms with Gasteiger partial charge in [0.1, 0.15) is 17.3 Å². The third-order valence-electron chi connectivity index (χ3n) is 6.33. The molecule has 0 N–H and O–H groups in total. The predicted molar refractivity (Wildman–Crippen MR) is 131 cm³/mol. The van der Waals surface area contributed by atoms with Gasteiger partial charge in [-0.3, -0.25) is 14.8 Å². The number of pyridine rings is 1. The molecular formula is C28H22F4N4O2. The summed E-state index contributed by atoms with van der Waals surface area (Å²) >= 11 is 0. The lowest BCUT2D eigenvalue weighted by atomic mass is 9.96. The van der Waals surface area contributed by atoms with E-state index in [9.17, 15) is 22.4 Å². The molecule has 6 nitrogen and oxygen atoms in total. The molecular weight excluding hydrogens is 500 g/mol. The van der Waals surface area contributed by atoms with Crippen LogP contribution in [0.4, 0.5) is 17.6 Å². The highest BCUT2D eigenvalue weighted by atomic mass is 19.4. The van der Waals surface area contributed by atoms with Crippen LogP contribution in [0.3, 0.4) is 0 Å². The number of halogens is 4. The summed E-state index contributed by atoms with van der Waals surface area (Å²) in [5.74, 6) is -0.369. The van der Waals surface area contributed by atoms with E-state index in [1.165, 1.54) is 18.6 Å². The molecule has 1 amide bonds. The number of carbonyl (C=O) groups is 1. The fourth-order valence-corrected chi connectivity index (χ4v) is 4.52. The van der Waals surface area contributed by atoms with Gasteiger partial charge in [0, 0.05) is 37.5 Å². The van der Waals surface area contributed by atoms with E-state index in [1.54, 1.807) is 18.1 Å².